The molecule has 0 aliphatic heterocycles. The van der Waals surface area contributed by atoms with Crippen LogP contribution in [0, 0.1) is 16.0 Å². The Morgan fingerprint density at radius 2 is 2.21 bits per heavy atom. The van der Waals surface area contributed by atoms with E-state index in [0.29, 0.717) is 18.4 Å². The molecule has 19 heavy (non-hydrogen) atoms. The van der Waals surface area contributed by atoms with Crippen molar-refractivity contribution in [3.05, 3.63) is 22.5 Å². The maximum Gasteiger partial charge on any atom is 0.305 e. The van der Waals surface area contributed by atoms with Gasteiger partial charge in [-0.2, -0.15) is 0 Å². The summed E-state index contributed by atoms with van der Waals surface area (Å²) in [4.78, 5) is 18.1. The molecule has 2 rings (SSSR count). The minimum Gasteiger partial charge on any atom is -0.347 e. The zero-order valence-corrected chi connectivity index (χ0v) is 11.0. The van der Waals surface area contributed by atoms with Gasteiger partial charge in [0.1, 0.15) is 12.4 Å². The van der Waals surface area contributed by atoms with Gasteiger partial charge >= 0.3 is 5.69 Å². The number of nitrogens with zero attached hydrogens (tertiary/aromatic N) is 3. The topological polar surface area (TPSA) is 107 Å². The molecular formula is C12H19N5O2. The molecule has 104 valence electrons. The number of rotatable bonds is 4. The van der Waals surface area contributed by atoms with Crippen LogP contribution in [0.1, 0.15) is 32.6 Å². The van der Waals surface area contributed by atoms with Gasteiger partial charge in [0, 0.05) is 6.54 Å². The third kappa shape index (κ3) is 2.81. The molecule has 1 aliphatic carbocycles. The molecule has 0 amide bonds. The first-order valence-electron chi connectivity index (χ1n) is 6.52. The van der Waals surface area contributed by atoms with E-state index in [4.69, 9.17) is 5.73 Å². The highest BCUT2D eigenvalue weighted by Crippen LogP contribution is 2.35. The summed E-state index contributed by atoms with van der Waals surface area (Å²) in [5.74, 6) is 0.842. The first kappa shape index (κ1) is 13.7. The lowest BCUT2D eigenvalue weighted by Crippen LogP contribution is -2.52. The summed E-state index contributed by atoms with van der Waals surface area (Å²) in [6.07, 6.45) is 6.87. The number of hydrogen-bond donors (Lipinski definition) is 2. The summed E-state index contributed by atoms with van der Waals surface area (Å²) in [5, 5.41) is 13.8. The van der Waals surface area contributed by atoms with E-state index >= 15 is 0 Å². The van der Waals surface area contributed by atoms with Crippen LogP contribution < -0.4 is 11.1 Å². The van der Waals surface area contributed by atoms with Crippen LogP contribution in [0.15, 0.2) is 12.4 Å². The van der Waals surface area contributed by atoms with Gasteiger partial charge in [0.2, 0.25) is 5.95 Å². The average molecular weight is 265 g/mol. The van der Waals surface area contributed by atoms with Gasteiger partial charge in [0.15, 0.2) is 0 Å². The van der Waals surface area contributed by atoms with Gasteiger partial charge in [-0.3, -0.25) is 10.1 Å². The van der Waals surface area contributed by atoms with Crippen molar-refractivity contribution in [2.45, 2.75) is 38.1 Å². The molecular weight excluding hydrogens is 246 g/mol. The Morgan fingerprint density at radius 1 is 1.53 bits per heavy atom. The minimum atomic E-state index is -0.508. The summed E-state index contributed by atoms with van der Waals surface area (Å²) in [7, 11) is 0. The second kappa shape index (κ2) is 5.48. The van der Waals surface area contributed by atoms with Crippen LogP contribution >= 0.6 is 0 Å². The molecule has 1 saturated carbocycles. The molecule has 7 heteroatoms. The third-order valence-electron chi connectivity index (χ3n) is 4.03. The molecule has 2 unspecified atom stereocenters. The maximum absolute atomic E-state index is 10.6. The molecule has 1 aromatic heterocycles. The second-order valence-corrected chi connectivity index (χ2v) is 5.15. The second-order valence-electron chi connectivity index (χ2n) is 5.15. The summed E-state index contributed by atoms with van der Waals surface area (Å²) < 4.78 is 0. The number of hydrogen-bond acceptors (Lipinski definition) is 6. The van der Waals surface area contributed by atoms with E-state index < -0.39 is 4.92 Å². The summed E-state index contributed by atoms with van der Waals surface area (Å²) >= 11 is 0. The van der Waals surface area contributed by atoms with Crippen molar-refractivity contribution in [1.82, 2.24) is 9.97 Å². The largest absolute Gasteiger partial charge is 0.347 e. The molecule has 0 spiro atoms. The van der Waals surface area contributed by atoms with E-state index in [0.717, 1.165) is 19.3 Å². The number of nitrogens with one attached hydrogen (secondary N) is 1. The zero-order chi connectivity index (χ0) is 13.9. The van der Waals surface area contributed by atoms with Gasteiger partial charge in [-0.25, -0.2) is 9.97 Å². The van der Waals surface area contributed by atoms with Crippen molar-refractivity contribution in [2.24, 2.45) is 11.7 Å². The molecule has 1 fully saturated rings. The fourth-order valence-corrected chi connectivity index (χ4v) is 2.66. The van der Waals surface area contributed by atoms with E-state index in [1.807, 2.05) is 0 Å². The smallest absolute Gasteiger partial charge is 0.305 e. The highest BCUT2D eigenvalue weighted by molar-refractivity contribution is 5.34. The van der Waals surface area contributed by atoms with Gasteiger partial charge in [-0.05, 0) is 18.8 Å². The first-order valence-corrected chi connectivity index (χ1v) is 6.52. The minimum absolute atomic E-state index is 0.107. The normalized spacial score (nSPS) is 26.9. The average Bonchev–Trinajstić information content (AvgIpc) is 2.42. The van der Waals surface area contributed by atoms with Crippen LogP contribution in [0.25, 0.3) is 0 Å². The van der Waals surface area contributed by atoms with Crippen LogP contribution in [0.4, 0.5) is 11.6 Å². The first-order chi connectivity index (χ1) is 9.07. The van der Waals surface area contributed by atoms with Crippen LogP contribution in [-0.2, 0) is 0 Å². The molecule has 7 nitrogen and oxygen atoms in total. The van der Waals surface area contributed by atoms with Crippen LogP contribution in [0.5, 0.6) is 0 Å². The van der Waals surface area contributed by atoms with E-state index in [-0.39, 0.29) is 11.2 Å². The van der Waals surface area contributed by atoms with Crippen molar-refractivity contribution in [3.8, 4) is 0 Å². The Kier molecular flexibility index (Phi) is 3.94. The van der Waals surface area contributed by atoms with Crippen molar-refractivity contribution in [1.29, 1.82) is 0 Å². The summed E-state index contributed by atoms with van der Waals surface area (Å²) in [6, 6.07) is 0. The standard InChI is InChI=1S/C12H19N5O2/c1-9-4-2-3-5-12(9,8-13)16-11-14-6-10(7-15-11)17(18)19/h6-7,9H,2-5,8,13H2,1H3,(H,14,15,16). The van der Waals surface area contributed by atoms with Crippen LogP contribution in [0.3, 0.4) is 0 Å². The summed E-state index contributed by atoms with van der Waals surface area (Å²) in [5.41, 5.74) is 5.62. The van der Waals surface area contributed by atoms with Crippen molar-refractivity contribution >= 4 is 11.6 Å². The molecule has 1 heterocycles. The van der Waals surface area contributed by atoms with Crippen molar-refractivity contribution in [3.63, 3.8) is 0 Å². The van der Waals surface area contributed by atoms with Crippen molar-refractivity contribution < 1.29 is 4.92 Å². The predicted molar refractivity (Wildman–Crippen MR) is 71.7 cm³/mol. The highest BCUT2D eigenvalue weighted by atomic mass is 16.6. The van der Waals surface area contributed by atoms with Gasteiger partial charge in [0.25, 0.3) is 0 Å². The fraction of sp³-hybridized carbons (Fsp3) is 0.667. The van der Waals surface area contributed by atoms with E-state index in [1.54, 1.807) is 0 Å². The maximum atomic E-state index is 10.6. The van der Waals surface area contributed by atoms with Gasteiger partial charge in [0.05, 0.1) is 10.5 Å². The van der Waals surface area contributed by atoms with E-state index in [1.165, 1.54) is 18.8 Å². The number of nitro groups is 1. The Labute approximate surface area is 111 Å². The Morgan fingerprint density at radius 3 is 2.74 bits per heavy atom. The molecule has 1 aliphatic rings. The van der Waals surface area contributed by atoms with Gasteiger partial charge in [-0.15, -0.1) is 0 Å². The molecule has 0 saturated heterocycles. The molecule has 0 radical (unpaired) electrons. The SMILES string of the molecule is CC1CCCCC1(CN)Nc1ncc([N+](=O)[O-])cn1. The van der Waals surface area contributed by atoms with Crippen molar-refractivity contribution in [2.75, 3.05) is 11.9 Å². The third-order valence-corrected chi connectivity index (χ3v) is 4.03. The molecule has 0 bridgehead atoms. The van der Waals surface area contributed by atoms with Crippen LogP contribution in [0.2, 0.25) is 0 Å². The Hall–Kier alpha value is -1.76. The number of aromatic nitrogens is 2. The van der Waals surface area contributed by atoms with Crippen LogP contribution in [-0.4, -0.2) is 27.0 Å². The zero-order valence-electron chi connectivity index (χ0n) is 11.0. The number of nitrogens with two attached hydrogens (primary N) is 1. The molecule has 1 aromatic rings. The molecule has 0 aromatic carbocycles. The summed E-state index contributed by atoms with van der Waals surface area (Å²) in [6.45, 7) is 2.68. The monoisotopic (exact) mass is 265 g/mol. The number of anilines is 1. The van der Waals surface area contributed by atoms with Gasteiger partial charge < -0.3 is 11.1 Å². The molecule has 2 atom stereocenters. The lowest BCUT2D eigenvalue weighted by molar-refractivity contribution is -0.385. The predicted octanol–water partition coefficient (Wildman–Crippen LogP) is 1.70. The Bertz CT molecular complexity index is 450. The highest BCUT2D eigenvalue weighted by Gasteiger charge is 2.37. The molecule has 3 N–H and O–H groups in total. The van der Waals surface area contributed by atoms with E-state index in [2.05, 4.69) is 22.2 Å². The lowest BCUT2D eigenvalue weighted by Gasteiger charge is -2.42. The fourth-order valence-electron chi connectivity index (χ4n) is 2.66. The Balaban J connectivity index is 2.15. The van der Waals surface area contributed by atoms with Gasteiger partial charge in [-0.1, -0.05) is 19.8 Å². The quantitative estimate of drug-likeness (QED) is 0.633. The van der Waals surface area contributed by atoms with E-state index in [9.17, 15) is 10.1 Å². The lowest BCUT2D eigenvalue weighted by atomic mass is 9.73.